The molecule has 6 nitrogen and oxygen atoms in total. The zero-order valence-corrected chi connectivity index (χ0v) is 8.28. The van der Waals surface area contributed by atoms with Gasteiger partial charge in [-0.1, -0.05) is 0 Å². The molecule has 0 spiro atoms. The average Bonchev–Trinajstić information content (AvgIpc) is 2.15. The van der Waals surface area contributed by atoms with Crippen LogP contribution in [0.4, 0.5) is 5.82 Å². The maximum absolute atomic E-state index is 10.9. The predicted octanol–water partition coefficient (Wildman–Crippen LogP) is 0.500. The van der Waals surface area contributed by atoms with Crippen molar-refractivity contribution in [2.24, 2.45) is 0 Å². The van der Waals surface area contributed by atoms with Crippen molar-refractivity contribution in [2.45, 2.75) is 6.92 Å². The highest BCUT2D eigenvalue weighted by molar-refractivity contribution is 6.28. The molecule has 0 bridgehead atoms. The number of anilines is 1. The summed E-state index contributed by atoms with van der Waals surface area (Å²) in [4.78, 5) is 14.7. The number of nitrogens with one attached hydrogen (secondary N) is 1. The Morgan fingerprint density at radius 3 is 3.14 bits per heavy atom. The number of esters is 1. The summed E-state index contributed by atoms with van der Waals surface area (Å²) >= 11 is 5.48. The highest BCUT2D eigenvalue weighted by atomic mass is 35.5. The predicted molar refractivity (Wildman–Crippen MR) is 50.0 cm³/mol. The molecule has 0 unspecified atom stereocenters. The summed E-state index contributed by atoms with van der Waals surface area (Å²) in [5.41, 5.74) is 0. The summed E-state index contributed by atoms with van der Waals surface area (Å²) in [6.45, 7) is 2.12. The second-order valence-electron chi connectivity index (χ2n) is 2.27. The van der Waals surface area contributed by atoms with Crippen LogP contribution >= 0.6 is 11.6 Å². The first-order valence-electron chi connectivity index (χ1n) is 3.97. The van der Waals surface area contributed by atoms with E-state index in [0.717, 1.165) is 0 Å². The molecule has 0 atom stereocenters. The Morgan fingerprint density at radius 2 is 2.50 bits per heavy atom. The van der Waals surface area contributed by atoms with Gasteiger partial charge in [0.05, 0.1) is 12.8 Å². The largest absolute Gasteiger partial charge is 0.465 e. The Balaban J connectivity index is 2.41. The topological polar surface area (TPSA) is 77.0 Å². The van der Waals surface area contributed by atoms with Gasteiger partial charge in [0.15, 0.2) is 0 Å². The summed E-state index contributed by atoms with van der Waals surface area (Å²) in [5, 5.41) is 9.72. The summed E-state index contributed by atoms with van der Waals surface area (Å²) < 4.78 is 4.70. The Bertz CT molecular complexity index is 320. The van der Waals surface area contributed by atoms with Crippen LogP contribution in [0.3, 0.4) is 0 Å². The minimum atomic E-state index is -0.359. The van der Waals surface area contributed by atoms with Crippen molar-refractivity contribution in [2.75, 3.05) is 18.5 Å². The van der Waals surface area contributed by atoms with Gasteiger partial charge >= 0.3 is 5.97 Å². The van der Waals surface area contributed by atoms with Crippen molar-refractivity contribution in [1.82, 2.24) is 15.2 Å². The molecule has 0 aromatic carbocycles. The number of hydrogen-bond acceptors (Lipinski definition) is 6. The summed E-state index contributed by atoms with van der Waals surface area (Å²) in [6, 6.07) is 0. The van der Waals surface area contributed by atoms with Gasteiger partial charge < -0.3 is 10.1 Å². The first kappa shape index (κ1) is 10.6. The number of ether oxygens (including phenoxy) is 1. The van der Waals surface area contributed by atoms with Gasteiger partial charge in [0.2, 0.25) is 5.28 Å². The van der Waals surface area contributed by atoms with Crippen molar-refractivity contribution < 1.29 is 9.53 Å². The van der Waals surface area contributed by atoms with Crippen LogP contribution in [0.5, 0.6) is 0 Å². The van der Waals surface area contributed by atoms with E-state index < -0.39 is 0 Å². The van der Waals surface area contributed by atoms with Crippen LogP contribution in [0.15, 0.2) is 6.20 Å². The molecule has 0 radical (unpaired) electrons. The van der Waals surface area contributed by atoms with E-state index in [1.807, 2.05) is 0 Å². The molecule has 1 heterocycles. The Labute approximate surface area is 85.6 Å². The van der Waals surface area contributed by atoms with Gasteiger partial charge in [-0.15, -0.1) is 5.10 Å². The third kappa shape index (κ3) is 3.53. The third-order valence-electron chi connectivity index (χ3n) is 1.25. The van der Waals surface area contributed by atoms with Crippen LogP contribution in [0.2, 0.25) is 5.28 Å². The number of hydrogen-bond donors (Lipinski definition) is 1. The minimum absolute atomic E-state index is 0.0267. The Morgan fingerprint density at radius 1 is 1.71 bits per heavy atom. The van der Waals surface area contributed by atoms with E-state index in [4.69, 9.17) is 16.3 Å². The molecule has 0 saturated carbocycles. The molecule has 1 aromatic heterocycles. The van der Waals surface area contributed by atoms with E-state index in [1.54, 1.807) is 6.92 Å². The van der Waals surface area contributed by atoms with E-state index in [-0.39, 0.29) is 17.8 Å². The molecule has 76 valence electrons. The molecule has 0 saturated heterocycles. The lowest BCUT2D eigenvalue weighted by molar-refractivity contribution is -0.140. The number of carbonyl (C=O) groups excluding carboxylic acids is 1. The number of rotatable bonds is 4. The fraction of sp³-hybridized carbons (Fsp3) is 0.429. The minimum Gasteiger partial charge on any atom is -0.465 e. The summed E-state index contributed by atoms with van der Waals surface area (Å²) in [7, 11) is 0. The van der Waals surface area contributed by atoms with Crippen molar-refractivity contribution in [3.8, 4) is 0 Å². The van der Waals surface area contributed by atoms with Gasteiger partial charge in [0, 0.05) is 0 Å². The van der Waals surface area contributed by atoms with Crippen LogP contribution in [-0.2, 0) is 9.53 Å². The monoisotopic (exact) mass is 216 g/mol. The molecule has 7 heteroatoms. The van der Waals surface area contributed by atoms with Gasteiger partial charge in [-0.3, -0.25) is 4.79 Å². The molecule has 1 N–H and O–H groups in total. The van der Waals surface area contributed by atoms with E-state index in [1.165, 1.54) is 6.20 Å². The number of carbonyl (C=O) groups is 1. The van der Waals surface area contributed by atoms with E-state index in [0.29, 0.717) is 12.4 Å². The molecule has 1 aromatic rings. The second kappa shape index (κ2) is 5.33. The van der Waals surface area contributed by atoms with Crippen LogP contribution < -0.4 is 5.32 Å². The van der Waals surface area contributed by atoms with Gasteiger partial charge in [0.1, 0.15) is 12.4 Å². The number of nitrogens with zero attached hydrogens (tertiary/aromatic N) is 3. The molecular weight excluding hydrogens is 208 g/mol. The normalized spacial score (nSPS) is 9.57. The fourth-order valence-electron chi connectivity index (χ4n) is 0.742. The molecular formula is C7H9ClN4O2. The van der Waals surface area contributed by atoms with Crippen molar-refractivity contribution in [3.63, 3.8) is 0 Å². The fourth-order valence-corrected chi connectivity index (χ4v) is 0.876. The van der Waals surface area contributed by atoms with Crippen LogP contribution in [0, 0.1) is 0 Å². The van der Waals surface area contributed by atoms with Crippen molar-refractivity contribution in [3.05, 3.63) is 11.5 Å². The molecule has 0 aliphatic heterocycles. The van der Waals surface area contributed by atoms with Gasteiger partial charge in [0.25, 0.3) is 0 Å². The molecule has 0 aliphatic carbocycles. The third-order valence-corrected chi connectivity index (χ3v) is 1.41. The van der Waals surface area contributed by atoms with Crippen molar-refractivity contribution >= 4 is 23.4 Å². The first-order valence-corrected chi connectivity index (χ1v) is 4.35. The Kier molecular flexibility index (Phi) is 4.06. The lowest BCUT2D eigenvalue weighted by Crippen LogP contribution is -2.17. The van der Waals surface area contributed by atoms with Gasteiger partial charge in [-0.2, -0.15) is 10.1 Å². The zero-order chi connectivity index (χ0) is 10.4. The SMILES string of the molecule is CCOC(=O)CNc1cnnc(Cl)n1. The van der Waals surface area contributed by atoms with Crippen LogP contribution in [-0.4, -0.2) is 34.3 Å². The van der Waals surface area contributed by atoms with E-state index >= 15 is 0 Å². The van der Waals surface area contributed by atoms with Crippen molar-refractivity contribution in [1.29, 1.82) is 0 Å². The highest BCUT2D eigenvalue weighted by Crippen LogP contribution is 2.02. The summed E-state index contributed by atoms with van der Waals surface area (Å²) in [5.74, 6) is 0.0280. The van der Waals surface area contributed by atoms with Crippen LogP contribution in [0.25, 0.3) is 0 Å². The molecule has 0 aliphatic rings. The lowest BCUT2D eigenvalue weighted by atomic mass is 10.6. The average molecular weight is 217 g/mol. The zero-order valence-electron chi connectivity index (χ0n) is 7.53. The maximum atomic E-state index is 10.9. The van der Waals surface area contributed by atoms with E-state index in [9.17, 15) is 4.79 Å². The summed E-state index contributed by atoms with van der Waals surface area (Å²) in [6.07, 6.45) is 1.37. The van der Waals surface area contributed by atoms with Crippen LogP contribution in [0.1, 0.15) is 6.92 Å². The lowest BCUT2D eigenvalue weighted by Gasteiger charge is -2.03. The highest BCUT2D eigenvalue weighted by Gasteiger charge is 2.02. The van der Waals surface area contributed by atoms with Gasteiger partial charge in [-0.05, 0) is 18.5 Å². The Hall–Kier alpha value is -1.43. The first-order chi connectivity index (χ1) is 6.72. The molecule has 0 fully saturated rings. The molecule has 0 amide bonds. The van der Waals surface area contributed by atoms with Gasteiger partial charge in [-0.25, -0.2) is 0 Å². The standard InChI is InChI=1S/C7H9ClN4O2/c1-2-14-6(13)4-9-5-3-10-12-7(8)11-5/h3H,2,4H2,1H3,(H,9,11,12). The maximum Gasteiger partial charge on any atom is 0.325 e. The molecule has 14 heavy (non-hydrogen) atoms. The number of halogens is 1. The molecule has 1 rings (SSSR count). The van der Waals surface area contributed by atoms with E-state index in [2.05, 4.69) is 20.5 Å². The quantitative estimate of drug-likeness (QED) is 0.739. The second-order valence-corrected chi connectivity index (χ2v) is 2.61. The smallest absolute Gasteiger partial charge is 0.325 e. The number of aromatic nitrogens is 3.